The summed E-state index contributed by atoms with van der Waals surface area (Å²) in [6.45, 7) is 0. The zero-order valence-electron chi connectivity index (χ0n) is 8.99. The molecule has 2 aromatic carbocycles. The smallest absolute Gasteiger partial charge is 0.0543 e. The minimum atomic E-state index is 0.699. The van der Waals surface area contributed by atoms with E-state index in [-0.39, 0.29) is 0 Å². The summed E-state index contributed by atoms with van der Waals surface area (Å²) in [7, 11) is 0. The van der Waals surface area contributed by atoms with Crippen LogP contribution in [0.2, 0.25) is 10.0 Å². The lowest BCUT2D eigenvalue weighted by Gasteiger charge is -2.05. The number of thioether (sulfide) groups is 1. The molecular formula is C13H11Cl2NS. The van der Waals surface area contributed by atoms with Crippen LogP contribution in [0.25, 0.3) is 0 Å². The van der Waals surface area contributed by atoms with E-state index in [0.29, 0.717) is 5.02 Å². The molecule has 0 aliphatic rings. The molecule has 1 nitrogen and oxygen atoms in total. The third-order valence-electron chi connectivity index (χ3n) is 2.24. The Labute approximate surface area is 115 Å². The number of nitrogen functional groups attached to an aromatic ring is 1. The molecular weight excluding hydrogens is 273 g/mol. The van der Waals surface area contributed by atoms with E-state index in [4.69, 9.17) is 28.9 Å². The van der Waals surface area contributed by atoms with Crippen molar-refractivity contribution in [1.29, 1.82) is 0 Å². The molecule has 88 valence electrons. The number of rotatable bonds is 3. The second-order valence-corrected chi connectivity index (χ2v) is 5.47. The van der Waals surface area contributed by atoms with Crippen LogP contribution in [-0.4, -0.2) is 0 Å². The Morgan fingerprint density at radius 2 is 1.88 bits per heavy atom. The van der Waals surface area contributed by atoms with E-state index in [1.165, 1.54) is 5.56 Å². The van der Waals surface area contributed by atoms with Crippen LogP contribution >= 0.6 is 35.0 Å². The molecule has 0 unspecified atom stereocenters. The maximum Gasteiger partial charge on any atom is 0.0543 e. The monoisotopic (exact) mass is 283 g/mol. The molecule has 2 aromatic rings. The minimum absolute atomic E-state index is 0.699. The van der Waals surface area contributed by atoms with Crippen molar-refractivity contribution >= 4 is 40.7 Å². The van der Waals surface area contributed by atoms with Gasteiger partial charge in [-0.3, -0.25) is 0 Å². The summed E-state index contributed by atoms with van der Waals surface area (Å²) >= 11 is 13.7. The Morgan fingerprint density at radius 3 is 2.65 bits per heavy atom. The Morgan fingerprint density at radius 1 is 1.06 bits per heavy atom. The van der Waals surface area contributed by atoms with Crippen LogP contribution in [0.3, 0.4) is 0 Å². The van der Waals surface area contributed by atoms with Gasteiger partial charge in [-0.1, -0.05) is 35.3 Å². The molecule has 0 spiro atoms. The summed E-state index contributed by atoms with van der Waals surface area (Å²) in [5.41, 5.74) is 7.68. The molecule has 0 radical (unpaired) electrons. The first-order valence-electron chi connectivity index (χ1n) is 5.07. The lowest BCUT2D eigenvalue weighted by atomic mass is 10.2. The van der Waals surface area contributed by atoms with E-state index >= 15 is 0 Å². The number of benzene rings is 2. The topological polar surface area (TPSA) is 26.0 Å². The lowest BCUT2D eigenvalue weighted by molar-refractivity contribution is 1.38. The van der Waals surface area contributed by atoms with Crippen LogP contribution in [0.15, 0.2) is 47.4 Å². The Bertz CT molecular complexity index is 529. The van der Waals surface area contributed by atoms with Crippen LogP contribution in [0.1, 0.15) is 5.56 Å². The molecule has 2 rings (SSSR count). The van der Waals surface area contributed by atoms with Crippen molar-refractivity contribution in [2.45, 2.75) is 10.6 Å². The van der Waals surface area contributed by atoms with Gasteiger partial charge in [-0.2, -0.15) is 0 Å². The van der Waals surface area contributed by atoms with Crippen LogP contribution in [0, 0.1) is 0 Å². The molecule has 4 heteroatoms. The molecule has 0 fully saturated rings. The predicted molar refractivity (Wildman–Crippen MR) is 76.9 cm³/mol. The normalized spacial score (nSPS) is 10.5. The van der Waals surface area contributed by atoms with E-state index < -0.39 is 0 Å². The number of anilines is 1. The molecule has 0 bridgehead atoms. The van der Waals surface area contributed by atoms with Gasteiger partial charge in [-0.05, 0) is 35.9 Å². The first-order chi connectivity index (χ1) is 8.15. The standard InChI is InChI=1S/C13H11Cl2NS/c14-10-4-5-12(15)13(7-10)17-8-9-2-1-3-11(16)6-9/h1-7H,8,16H2. The highest BCUT2D eigenvalue weighted by atomic mass is 35.5. The van der Waals surface area contributed by atoms with E-state index in [2.05, 4.69) is 0 Å². The molecule has 0 atom stereocenters. The summed E-state index contributed by atoms with van der Waals surface area (Å²) < 4.78 is 0. The summed E-state index contributed by atoms with van der Waals surface area (Å²) in [6.07, 6.45) is 0. The van der Waals surface area contributed by atoms with Gasteiger partial charge in [-0.25, -0.2) is 0 Å². The summed E-state index contributed by atoms with van der Waals surface area (Å²) in [4.78, 5) is 0.988. The quantitative estimate of drug-likeness (QED) is 0.643. The predicted octanol–water partition coefficient (Wildman–Crippen LogP) is 4.87. The van der Waals surface area contributed by atoms with E-state index in [1.807, 2.05) is 36.4 Å². The Kier molecular flexibility index (Phi) is 4.21. The molecule has 0 saturated heterocycles. The van der Waals surface area contributed by atoms with E-state index in [9.17, 15) is 0 Å². The second-order valence-electron chi connectivity index (χ2n) is 3.61. The van der Waals surface area contributed by atoms with Crippen LogP contribution in [0.4, 0.5) is 5.69 Å². The van der Waals surface area contributed by atoms with Crippen molar-refractivity contribution in [3.63, 3.8) is 0 Å². The minimum Gasteiger partial charge on any atom is -0.399 e. The van der Waals surface area contributed by atoms with Gasteiger partial charge in [0.15, 0.2) is 0 Å². The first-order valence-corrected chi connectivity index (χ1v) is 6.81. The largest absolute Gasteiger partial charge is 0.399 e. The molecule has 0 aliphatic carbocycles. The highest BCUT2D eigenvalue weighted by Crippen LogP contribution is 2.32. The van der Waals surface area contributed by atoms with Crippen molar-refractivity contribution in [3.8, 4) is 0 Å². The molecule has 0 aliphatic heterocycles. The average Bonchev–Trinajstić information content (AvgIpc) is 2.30. The summed E-state index contributed by atoms with van der Waals surface area (Å²) in [6, 6.07) is 13.3. The van der Waals surface area contributed by atoms with Gasteiger partial charge in [0.05, 0.1) is 5.02 Å². The molecule has 0 amide bonds. The highest BCUT2D eigenvalue weighted by molar-refractivity contribution is 7.98. The van der Waals surface area contributed by atoms with Gasteiger partial charge in [0, 0.05) is 21.4 Å². The zero-order valence-corrected chi connectivity index (χ0v) is 11.3. The fourth-order valence-electron chi connectivity index (χ4n) is 1.43. The Balaban J connectivity index is 2.09. The zero-order chi connectivity index (χ0) is 12.3. The van der Waals surface area contributed by atoms with Crippen LogP contribution in [-0.2, 0) is 5.75 Å². The maximum absolute atomic E-state index is 6.09. The Hall–Kier alpha value is -0.830. The van der Waals surface area contributed by atoms with Gasteiger partial charge in [0.1, 0.15) is 0 Å². The summed E-state index contributed by atoms with van der Waals surface area (Å²) in [5.74, 6) is 0.825. The van der Waals surface area contributed by atoms with E-state index in [0.717, 1.165) is 21.4 Å². The fraction of sp³-hybridized carbons (Fsp3) is 0.0769. The molecule has 17 heavy (non-hydrogen) atoms. The van der Waals surface area contributed by atoms with Crippen molar-refractivity contribution in [2.24, 2.45) is 0 Å². The lowest BCUT2D eigenvalue weighted by Crippen LogP contribution is -1.87. The molecule has 0 heterocycles. The van der Waals surface area contributed by atoms with Crippen LogP contribution in [0.5, 0.6) is 0 Å². The van der Waals surface area contributed by atoms with Gasteiger partial charge >= 0.3 is 0 Å². The van der Waals surface area contributed by atoms with Gasteiger partial charge in [-0.15, -0.1) is 11.8 Å². The molecule has 0 saturated carbocycles. The highest BCUT2D eigenvalue weighted by Gasteiger charge is 2.03. The number of halogens is 2. The van der Waals surface area contributed by atoms with E-state index in [1.54, 1.807) is 17.8 Å². The second kappa shape index (κ2) is 5.67. The fourth-order valence-corrected chi connectivity index (χ4v) is 2.87. The third kappa shape index (κ3) is 3.56. The van der Waals surface area contributed by atoms with Gasteiger partial charge < -0.3 is 5.73 Å². The summed E-state index contributed by atoms with van der Waals surface area (Å²) in [5, 5.41) is 1.42. The van der Waals surface area contributed by atoms with Gasteiger partial charge in [0.2, 0.25) is 0 Å². The number of hydrogen-bond acceptors (Lipinski definition) is 2. The SMILES string of the molecule is Nc1cccc(CSc2cc(Cl)ccc2Cl)c1. The van der Waals surface area contributed by atoms with Crippen LogP contribution < -0.4 is 5.73 Å². The molecule has 2 N–H and O–H groups in total. The average molecular weight is 284 g/mol. The van der Waals surface area contributed by atoms with Crippen molar-refractivity contribution in [2.75, 3.05) is 5.73 Å². The first kappa shape index (κ1) is 12.6. The number of hydrogen-bond donors (Lipinski definition) is 1. The van der Waals surface area contributed by atoms with Crippen molar-refractivity contribution in [3.05, 3.63) is 58.1 Å². The maximum atomic E-state index is 6.09. The van der Waals surface area contributed by atoms with Crippen molar-refractivity contribution < 1.29 is 0 Å². The molecule has 0 aromatic heterocycles. The van der Waals surface area contributed by atoms with Crippen molar-refractivity contribution in [1.82, 2.24) is 0 Å². The third-order valence-corrected chi connectivity index (χ3v) is 4.04. The number of nitrogens with two attached hydrogens (primary N) is 1. The van der Waals surface area contributed by atoms with Gasteiger partial charge in [0.25, 0.3) is 0 Å².